The minimum atomic E-state index is 0.184. The van der Waals surface area contributed by atoms with Crippen LogP contribution in [0.15, 0.2) is 60.9 Å². The van der Waals surface area contributed by atoms with Gasteiger partial charge in [-0.2, -0.15) is 0 Å². The molecule has 6 nitrogen and oxygen atoms in total. The van der Waals surface area contributed by atoms with Crippen LogP contribution in [-0.2, 0) is 4.74 Å². The number of rotatable bonds is 7. The van der Waals surface area contributed by atoms with Crippen molar-refractivity contribution in [1.82, 2.24) is 14.9 Å². The van der Waals surface area contributed by atoms with Crippen molar-refractivity contribution in [2.45, 2.75) is 18.6 Å². The van der Waals surface area contributed by atoms with Crippen LogP contribution < -0.4 is 9.64 Å². The van der Waals surface area contributed by atoms with Crippen LogP contribution >= 0.6 is 11.6 Å². The van der Waals surface area contributed by atoms with E-state index in [-0.39, 0.29) is 6.10 Å². The third-order valence-corrected chi connectivity index (χ3v) is 5.76. The van der Waals surface area contributed by atoms with Crippen molar-refractivity contribution in [3.63, 3.8) is 0 Å². The highest BCUT2D eigenvalue weighted by Gasteiger charge is 2.33. The summed E-state index contributed by atoms with van der Waals surface area (Å²) in [6, 6.07) is 18.1. The van der Waals surface area contributed by atoms with E-state index < -0.39 is 0 Å². The quantitative estimate of drug-likeness (QED) is 0.530. The molecule has 2 atom stereocenters. The molecule has 2 aromatic carbocycles. The predicted octanol–water partition coefficient (Wildman–Crippen LogP) is 4.74. The first-order valence-corrected chi connectivity index (χ1v) is 10.7. The van der Waals surface area contributed by atoms with Crippen LogP contribution in [0.2, 0.25) is 5.02 Å². The first kappa shape index (κ1) is 21.6. The minimum Gasteiger partial charge on any atom is -0.437 e. The molecule has 0 amide bonds. The van der Waals surface area contributed by atoms with E-state index in [1.807, 2.05) is 42.5 Å². The second kappa shape index (κ2) is 9.64. The maximum Gasteiger partial charge on any atom is 0.224 e. The lowest BCUT2D eigenvalue weighted by atomic mass is 10.1. The predicted molar refractivity (Wildman–Crippen MR) is 124 cm³/mol. The van der Waals surface area contributed by atoms with Crippen molar-refractivity contribution in [3.05, 3.63) is 65.9 Å². The van der Waals surface area contributed by atoms with Crippen LogP contribution in [-0.4, -0.2) is 61.3 Å². The van der Waals surface area contributed by atoms with E-state index in [1.54, 1.807) is 7.11 Å². The van der Waals surface area contributed by atoms with Crippen molar-refractivity contribution >= 4 is 17.4 Å². The van der Waals surface area contributed by atoms with Gasteiger partial charge in [-0.15, -0.1) is 0 Å². The fourth-order valence-corrected chi connectivity index (χ4v) is 4.19. The zero-order valence-corrected chi connectivity index (χ0v) is 18.8. The molecule has 0 N–H and O–H groups in total. The van der Waals surface area contributed by atoms with E-state index >= 15 is 0 Å². The zero-order valence-electron chi connectivity index (χ0n) is 18.0. The largest absolute Gasteiger partial charge is 0.437 e. The van der Waals surface area contributed by atoms with Crippen LogP contribution in [0.3, 0.4) is 0 Å². The van der Waals surface area contributed by atoms with E-state index in [0.717, 1.165) is 36.5 Å². The van der Waals surface area contributed by atoms with Gasteiger partial charge in [-0.05, 0) is 43.8 Å². The number of aromatic nitrogens is 2. The highest BCUT2D eigenvalue weighted by atomic mass is 35.5. The number of halogens is 1. The molecule has 0 unspecified atom stereocenters. The Kier molecular flexibility index (Phi) is 6.70. The molecule has 0 saturated carbocycles. The second-order valence-electron chi connectivity index (χ2n) is 7.99. The van der Waals surface area contributed by atoms with Gasteiger partial charge in [-0.3, -0.25) is 0 Å². The van der Waals surface area contributed by atoms with Crippen molar-refractivity contribution < 1.29 is 9.47 Å². The van der Waals surface area contributed by atoms with Gasteiger partial charge in [0.2, 0.25) is 5.88 Å². The number of hydrogen-bond donors (Lipinski definition) is 0. The number of hydrogen-bond acceptors (Lipinski definition) is 6. The number of methoxy groups -OCH3 is 1. The summed E-state index contributed by atoms with van der Waals surface area (Å²) in [7, 11) is 5.92. The van der Waals surface area contributed by atoms with Gasteiger partial charge in [0.15, 0.2) is 0 Å². The van der Waals surface area contributed by atoms with Crippen molar-refractivity contribution in [3.8, 4) is 22.8 Å². The fraction of sp³-hybridized carbons (Fsp3) is 0.333. The van der Waals surface area contributed by atoms with Gasteiger partial charge >= 0.3 is 0 Å². The van der Waals surface area contributed by atoms with E-state index in [2.05, 4.69) is 46.0 Å². The molecule has 0 radical (unpaired) electrons. The van der Waals surface area contributed by atoms with Crippen LogP contribution in [0, 0.1) is 0 Å². The van der Waals surface area contributed by atoms with Crippen LogP contribution in [0.25, 0.3) is 11.1 Å². The third-order valence-electron chi connectivity index (χ3n) is 5.46. The molecule has 0 spiro atoms. The van der Waals surface area contributed by atoms with E-state index in [4.69, 9.17) is 21.1 Å². The van der Waals surface area contributed by atoms with Gasteiger partial charge in [0.1, 0.15) is 17.9 Å². The number of ether oxygens (including phenoxy) is 2. The molecule has 1 fully saturated rings. The molecule has 4 rings (SSSR count). The van der Waals surface area contributed by atoms with Crippen LogP contribution in [0.5, 0.6) is 11.6 Å². The average molecular weight is 439 g/mol. The maximum atomic E-state index is 6.51. The summed E-state index contributed by atoms with van der Waals surface area (Å²) in [5.74, 6) is 1.85. The summed E-state index contributed by atoms with van der Waals surface area (Å²) in [6.45, 7) is 1.71. The first-order valence-electron chi connectivity index (χ1n) is 10.3. The molecule has 0 bridgehead atoms. The molecular formula is C24H27ClN4O2. The SMILES string of the molecule is CO[C@H]1C[C@@H](CN(C)C)N(c2cc(Oc3ccc(-c4ccccc4)cc3Cl)ncn2)C1. The number of anilines is 1. The Balaban J connectivity index is 1.53. The normalized spacial score (nSPS) is 18.5. The first-order chi connectivity index (χ1) is 15.0. The topological polar surface area (TPSA) is 50.7 Å². The number of likely N-dealkylation sites (N-methyl/N-ethyl adjacent to an activating group) is 1. The van der Waals surface area contributed by atoms with Crippen molar-refractivity contribution in [2.75, 3.05) is 39.2 Å². The Hall–Kier alpha value is -2.67. The van der Waals surface area contributed by atoms with E-state index in [9.17, 15) is 0 Å². The monoisotopic (exact) mass is 438 g/mol. The summed E-state index contributed by atoms with van der Waals surface area (Å²) in [5, 5.41) is 0.535. The molecule has 7 heteroatoms. The number of benzene rings is 2. The Morgan fingerprint density at radius 3 is 2.58 bits per heavy atom. The van der Waals surface area contributed by atoms with Gasteiger partial charge in [0.25, 0.3) is 0 Å². The fourth-order valence-electron chi connectivity index (χ4n) is 3.97. The summed E-state index contributed by atoms with van der Waals surface area (Å²) in [6.07, 6.45) is 2.68. The molecule has 2 heterocycles. The highest BCUT2D eigenvalue weighted by molar-refractivity contribution is 6.32. The summed E-state index contributed by atoms with van der Waals surface area (Å²) < 4.78 is 11.6. The molecular weight excluding hydrogens is 412 g/mol. The van der Waals surface area contributed by atoms with E-state index in [0.29, 0.717) is 22.7 Å². The third kappa shape index (κ3) is 5.15. The standard InChI is InChI=1S/C24H27ClN4O2/c1-28(2)14-19-12-20(30-3)15-29(19)23-13-24(27-16-26-23)31-22-10-9-18(11-21(22)25)17-7-5-4-6-8-17/h4-11,13,16,19-20H,12,14-15H2,1-3H3/t19-,20-/m0/s1. The lowest BCUT2D eigenvalue weighted by Crippen LogP contribution is -2.38. The smallest absolute Gasteiger partial charge is 0.224 e. The summed E-state index contributed by atoms with van der Waals surface area (Å²) in [5.41, 5.74) is 2.14. The lowest BCUT2D eigenvalue weighted by molar-refractivity contribution is 0.117. The lowest BCUT2D eigenvalue weighted by Gasteiger charge is -2.27. The number of nitrogens with zero attached hydrogens (tertiary/aromatic N) is 4. The minimum absolute atomic E-state index is 0.184. The zero-order chi connectivity index (χ0) is 21.8. The second-order valence-corrected chi connectivity index (χ2v) is 8.40. The van der Waals surface area contributed by atoms with Gasteiger partial charge in [-0.25, -0.2) is 9.97 Å². The van der Waals surface area contributed by atoms with Crippen molar-refractivity contribution in [1.29, 1.82) is 0 Å². The summed E-state index contributed by atoms with van der Waals surface area (Å²) in [4.78, 5) is 13.2. The molecule has 162 valence electrons. The van der Waals surface area contributed by atoms with Crippen LogP contribution in [0.1, 0.15) is 6.42 Å². The molecule has 1 aliphatic rings. The molecule has 3 aromatic rings. The van der Waals surface area contributed by atoms with Crippen molar-refractivity contribution in [2.24, 2.45) is 0 Å². The van der Waals surface area contributed by atoms with Gasteiger partial charge in [-0.1, -0.05) is 48.0 Å². The van der Waals surface area contributed by atoms with Crippen LogP contribution in [0.4, 0.5) is 5.82 Å². The molecule has 0 aliphatic carbocycles. The van der Waals surface area contributed by atoms with Gasteiger partial charge in [0.05, 0.1) is 11.1 Å². The van der Waals surface area contributed by atoms with E-state index in [1.165, 1.54) is 6.33 Å². The Morgan fingerprint density at radius 2 is 1.87 bits per heavy atom. The molecule has 31 heavy (non-hydrogen) atoms. The Labute approximate surface area is 188 Å². The molecule has 1 aromatic heterocycles. The van der Waals surface area contributed by atoms with Gasteiger partial charge < -0.3 is 19.3 Å². The average Bonchev–Trinajstić information content (AvgIpc) is 3.18. The summed E-state index contributed by atoms with van der Waals surface area (Å²) >= 11 is 6.51. The van der Waals surface area contributed by atoms with Gasteiger partial charge in [0, 0.05) is 32.3 Å². The Bertz CT molecular complexity index is 1020. The molecule has 1 saturated heterocycles. The molecule has 1 aliphatic heterocycles. The highest BCUT2D eigenvalue weighted by Crippen LogP contribution is 2.34. The maximum absolute atomic E-state index is 6.51. The Morgan fingerprint density at radius 1 is 1.06 bits per heavy atom.